The lowest BCUT2D eigenvalue weighted by Crippen LogP contribution is -2.42. The van der Waals surface area contributed by atoms with E-state index in [4.69, 9.17) is 9.47 Å². The van der Waals surface area contributed by atoms with Gasteiger partial charge in [-0.15, -0.1) is 0 Å². The van der Waals surface area contributed by atoms with Gasteiger partial charge in [0, 0.05) is 25.4 Å². The van der Waals surface area contributed by atoms with Crippen LogP contribution in [0.5, 0.6) is 5.75 Å². The van der Waals surface area contributed by atoms with Crippen molar-refractivity contribution >= 4 is 18.0 Å². The van der Waals surface area contributed by atoms with E-state index in [1.807, 2.05) is 54.6 Å². The second kappa shape index (κ2) is 13.5. The van der Waals surface area contributed by atoms with Gasteiger partial charge in [0.25, 0.3) is 0 Å². The Kier molecular flexibility index (Phi) is 9.75. The quantitative estimate of drug-likeness (QED) is 0.180. The molecule has 1 aromatic heterocycles. The summed E-state index contributed by atoms with van der Waals surface area (Å²) in [5, 5.41) is 11.7. The number of H-pyrrole nitrogens is 1. The number of hydrazine groups is 1. The van der Waals surface area contributed by atoms with Crippen LogP contribution in [0.15, 0.2) is 67.0 Å². The molecule has 1 unspecified atom stereocenters. The minimum absolute atomic E-state index is 0.0679. The standard InChI is InChI=1S/C24H29N5O5/c30-22(31)21(28-24(32)34-17-19-5-2-1-3-6-19)12-16-33-20-10-8-18(9-11-20)7-4-13-27-29-23-25-14-15-26-23/h1-3,5-6,8-11,14-15,21,27H,4,7,12-13,16-17H2,(H,28,32)(H,30,31)(H2,25,26,29). The summed E-state index contributed by atoms with van der Waals surface area (Å²) in [6, 6.07) is 15.7. The number of aromatic amines is 1. The highest BCUT2D eigenvalue weighted by molar-refractivity contribution is 5.79. The van der Waals surface area contributed by atoms with Gasteiger partial charge in [-0.25, -0.2) is 20.0 Å². The third-order valence-corrected chi connectivity index (χ3v) is 4.87. The molecule has 2 aromatic carbocycles. The zero-order chi connectivity index (χ0) is 24.0. The first kappa shape index (κ1) is 24.6. The molecule has 1 atom stereocenters. The Balaban J connectivity index is 1.32. The second-order valence-electron chi connectivity index (χ2n) is 7.47. The number of imidazole rings is 1. The van der Waals surface area contributed by atoms with Gasteiger partial charge in [0.15, 0.2) is 0 Å². The third-order valence-electron chi connectivity index (χ3n) is 4.87. The van der Waals surface area contributed by atoms with Gasteiger partial charge >= 0.3 is 12.1 Å². The number of rotatable bonds is 14. The van der Waals surface area contributed by atoms with Crippen LogP contribution in [0.1, 0.15) is 24.0 Å². The molecule has 180 valence electrons. The summed E-state index contributed by atoms with van der Waals surface area (Å²) in [5.74, 6) is 0.161. The van der Waals surface area contributed by atoms with Gasteiger partial charge in [-0.2, -0.15) is 0 Å². The van der Waals surface area contributed by atoms with E-state index in [0.717, 1.165) is 24.9 Å². The first-order valence-corrected chi connectivity index (χ1v) is 11.0. The van der Waals surface area contributed by atoms with E-state index < -0.39 is 18.1 Å². The molecule has 34 heavy (non-hydrogen) atoms. The summed E-state index contributed by atoms with van der Waals surface area (Å²) >= 11 is 0. The molecule has 1 amide bonds. The molecule has 0 bridgehead atoms. The van der Waals surface area contributed by atoms with E-state index in [1.54, 1.807) is 12.4 Å². The van der Waals surface area contributed by atoms with Gasteiger partial charge < -0.3 is 24.9 Å². The van der Waals surface area contributed by atoms with E-state index in [1.165, 1.54) is 5.56 Å². The number of benzene rings is 2. The second-order valence-corrected chi connectivity index (χ2v) is 7.47. The smallest absolute Gasteiger partial charge is 0.408 e. The molecular formula is C24H29N5O5. The number of hydrogen-bond donors (Lipinski definition) is 5. The summed E-state index contributed by atoms with van der Waals surface area (Å²) in [6.45, 7) is 0.979. The number of alkyl carbamates (subject to hydrolysis) is 1. The number of carbonyl (C=O) groups excluding carboxylic acids is 1. The molecule has 0 aliphatic carbocycles. The first-order valence-electron chi connectivity index (χ1n) is 11.0. The Morgan fingerprint density at radius 3 is 2.56 bits per heavy atom. The Morgan fingerprint density at radius 2 is 1.85 bits per heavy atom. The molecule has 0 radical (unpaired) electrons. The van der Waals surface area contributed by atoms with Gasteiger partial charge in [0.05, 0.1) is 6.61 Å². The molecular weight excluding hydrogens is 438 g/mol. The van der Waals surface area contributed by atoms with Crippen LogP contribution in [-0.4, -0.2) is 46.3 Å². The fourth-order valence-electron chi connectivity index (χ4n) is 3.07. The lowest BCUT2D eigenvalue weighted by molar-refractivity contribution is -0.139. The number of carboxylic acids is 1. The van der Waals surface area contributed by atoms with Crippen LogP contribution in [0.3, 0.4) is 0 Å². The minimum Gasteiger partial charge on any atom is -0.494 e. The van der Waals surface area contributed by atoms with Crippen LogP contribution >= 0.6 is 0 Å². The predicted octanol–water partition coefficient (Wildman–Crippen LogP) is 3.11. The summed E-state index contributed by atoms with van der Waals surface area (Å²) in [4.78, 5) is 30.4. The van der Waals surface area contributed by atoms with E-state index >= 15 is 0 Å². The average molecular weight is 468 g/mol. The number of carboxylic acid groups (broad SMARTS) is 1. The van der Waals surface area contributed by atoms with Crippen molar-refractivity contribution in [3.8, 4) is 5.75 Å². The van der Waals surface area contributed by atoms with Crippen molar-refractivity contribution in [2.24, 2.45) is 0 Å². The zero-order valence-corrected chi connectivity index (χ0v) is 18.7. The van der Waals surface area contributed by atoms with Crippen molar-refractivity contribution < 1.29 is 24.2 Å². The SMILES string of the molecule is O=C(NC(CCOc1ccc(CCCNNc2ncc[nH]2)cc1)C(=O)O)OCc1ccccc1. The largest absolute Gasteiger partial charge is 0.494 e. The number of anilines is 1. The van der Waals surface area contributed by atoms with Crippen LogP contribution in [-0.2, 0) is 22.6 Å². The van der Waals surface area contributed by atoms with Crippen molar-refractivity contribution in [1.82, 2.24) is 20.7 Å². The number of aromatic nitrogens is 2. The number of nitrogens with one attached hydrogen (secondary N) is 4. The summed E-state index contributed by atoms with van der Waals surface area (Å²) in [7, 11) is 0. The van der Waals surface area contributed by atoms with Crippen molar-refractivity contribution in [1.29, 1.82) is 0 Å². The zero-order valence-electron chi connectivity index (χ0n) is 18.7. The van der Waals surface area contributed by atoms with Crippen molar-refractivity contribution in [3.05, 3.63) is 78.1 Å². The normalized spacial score (nSPS) is 11.4. The maximum atomic E-state index is 11.9. The molecule has 0 fully saturated rings. The number of aryl methyl sites for hydroxylation is 1. The molecule has 10 nitrogen and oxygen atoms in total. The Bertz CT molecular complexity index is 996. The fourth-order valence-corrected chi connectivity index (χ4v) is 3.07. The average Bonchev–Trinajstić information content (AvgIpc) is 3.37. The molecule has 1 heterocycles. The number of hydrogen-bond acceptors (Lipinski definition) is 7. The highest BCUT2D eigenvalue weighted by Gasteiger charge is 2.20. The predicted molar refractivity (Wildman–Crippen MR) is 126 cm³/mol. The maximum Gasteiger partial charge on any atom is 0.408 e. The number of carbonyl (C=O) groups is 2. The van der Waals surface area contributed by atoms with Crippen LogP contribution in [0, 0.1) is 0 Å². The molecule has 0 spiro atoms. The van der Waals surface area contributed by atoms with Crippen LogP contribution in [0.25, 0.3) is 0 Å². The molecule has 10 heteroatoms. The van der Waals surface area contributed by atoms with Gasteiger partial charge in [-0.05, 0) is 36.1 Å². The van der Waals surface area contributed by atoms with Gasteiger partial charge in [-0.3, -0.25) is 5.43 Å². The minimum atomic E-state index is -1.15. The maximum absolute atomic E-state index is 11.9. The monoisotopic (exact) mass is 467 g/mol. The van der Waals surface area contributed by atoms with Crippen molar-refractivity contribution in [2.45, 2.75) is 31.9 Å². The lowest BCUT2D eigenvalue weighted by Gasteiger charge is -2.15. The van der Waals surface area contributed by atoms with E-state index in [2.05, 4.69) is 26.1 Å². The Labute approximate surface area is 197 Å². The number of amides is 1. The van der Waals surface area contributed by atoms with Gasteiger partial charge in [0.1, 0.15) is 18.4 Å². The van der Waals surface area contributed by atoms with Crippen molar-refractivity contribution in [3.63, 3.8) is 0 Å². The topological polar surface area (TPSA) is 138 Å². The van der Waals surface area contributed by atoms with Crippen LogP contribution < -0.4 is 20.9 Å². The van der Waals surface area contributed by atoms with Crippen LogP contribution in [0.2, 0.25) is 0 Å². The van der Waals surface area contributed by atoms with E-state index in [0.29, 0.717) is 11.7 Å². The van der Waals surface area contributed by atoms with E-state index in [-0.39, 0.29) is 19.6 Å². The molecule has 3 rings (SSSR count). The highest BCUT2D eigenvalue weighted by Crippen LogP contribution is 2.14. The summed E-state index contributed by atoms with van der Waals surface area (Å²) in [6.07, 6.45) is 4.56. The third kappa shape index (κ3) is 8.83. The van der Waals surface area contributed by atoms with Crippen LogP contribution in [0.4, 0.5) is 10.7 Å². The molecule has 0 saturated heterocycles. The number of nitrogens with zero attached hydrogens (tertiary/aromatic N) is 1. The molecule has 3 aromatic rings. The van der Waals surface area contributed by atoms with Crippen molar-refractivity contribution in [2.75, 3.05) is 18.6 Å². The Morgan fingerprint density at radius 1 is 1.06 bits per heavy atom. The Hall–Kier alpha value is -4.05. The summed E-state index contributed by atoms with van der Waals surface area (Å²) < 4.78 is 10.7. The lowest BCUT2D eigenvalue weighted by atomic mass is 10.1. The molecule has 0 aliphatic heterocycles. The number of ether oxygens (including phenoxy) is 2. The highest BCUT2D eigenvalue weighted by atomic mass is 16.5. The van der Waals surface area contributed by atoms with Gasteiger partial charge in [0.2, 0.25) is 5.95 Å². The van der Waals surface area contributed by atoms with Gasteiger partial charge in [-0.1, -0.05) is 42.5 Å². The molecule has 0 aliphatic rings. The molecule has 5 N–H and O–H groups in total. The first-order chi connectivity index (χ1) is 16.6. The summed E-state index contributed by atoms with van der Waals surface area (Å²) in [5.41, 5.74) is 8.05. The van der Waals surface area contributed by atoms with E-state index in [9.17, 15) is 14.7 Å². The molecule has 0 saturated carbocycles. The number of aliphatic carboxylic acids is 1. The fraction of sp³-hybridized carbons (Fsp3) is 0.292.